The van der Waals surface area contributed by atoms with E-state index in [1.807, 2.05) is 0 Å². The minimum Gasteiger partial charge on any atom is -0.316 e. The van der Waals surface area contributed by atoms with E-state index in [0.717, 1.165) is 6.04 Å². The smallest absolute Gasteiger partial charge is 0.0235 e. The molecule has 0 aromatic heterocycles. The topological polar surface area (TPSA) is 18.5 Å². The van der Waals surface area contributed by atoms with Gasteiger partial charge in [0.25, 0.3) is 0 Å². The zero-order valence-electron chi connectivity index (χ0n) is 14.1. The number of hydrogen-bond donors (Lipinski definition) is 1. The quantitative estimate of drug-likeness (QED) is 0.835. The summed E-state index contributed by atoms with van der Waals surface area (Å²) in [5, 5.41) is 3.50. The monoisotopic (exact) mass is 281 g/mol. The number of piperidine rings is 1. The summed E-state index contributed by atoms with van der Waals surface area (Å²) in [5.41, 5.74) is 0.362. The highest BCUT2D eigenvalue weighted by molar-refractivity contribution is 4.87. The molecule has 2 aliphatic heterocycles. The first-order valence-electron chi connectivity index (χ1n) is 8.64. The van der Waals surface area contributed by atoms with Crippen LogP contribution in [-0.2, 0) is 0 Å². The summed E-state index contributed by atoms with van der Waals surface area (Å²) in [6, 6.07) is 1.47. The van der Waals surface area contributed by atoms with Crippen LogP contribution in [0.1, 0.15) is 52.9 Å². The maximum Gasteiger partial charge on any atom is 0.0235 e. The van der Waals surface area contributed by atoms with Gasteiger partial charge in [-0.05, 0) is 64.3 Å². The summed E-state index contributed by atoms with van der Waals surface area (Å²) in [7, 11) is 2.11. The van der Waals surface area contributed by atoms with Crippen LogP contribution in [0, 0.1) is 5.41 Å². The molecule has 0 spiro atoms. The highest BCUT2D eigenvalue weighted by atomic mass is 15.3. The zero-order chi connectivity index (χ0) is 14.6. The Morgan fingerprint density at radius 1 is 1.10 bits per heavy atom. The third kappa shape index (κ3) is 4.44. The van der Waals surface area contributed by atoms with E-state index >= 15 is 0 Å². The second kappa shape index (κ2) is 7.24. The summed E-state index contributed by atoms with van der Waals surface area (Å²) >= 11 is 0. The predicted molar refractivity (Wildman–Crippen MR) is 87.2 cm³/mol. The van der Waals surface area contributed by atoms with Crippen molar-refractivity contribution >= 4 is 0 Å². The van der Waals surface area contributed by atoms with Crippen LogP contribution in [0.3, 0.4) is 0 Å². The Hall–Kier alpha value is -0.120. The van der Waals surface area contributed by atoms with Crippen LogP contribution in [0.2, 0.25) is 0 Å². The Morgan fingerprint density at radius 3 is 2.40 bits per heavy atom. The van der Waals surface area contributed by atoms with Crippen molar-refractivity contribution in [2.45, 2.75) is 65.0 Å². The Balaban J connectivity index is 1.73. The summed E-state index contributed by atoms with van der Waals surface area (Å²) < 4.78 is 0. The van der Waals surface area contributed by atoms with Gasteiger partial charge >= 0.3 is 0 Å². The lowest BCUT2D eigenvalue weighted by Gasteiger charge is -2.33. The Labute approximate surface area is 126 Å². The van der Waals surface area contributed by atoms with E-state index in [1.165, 1.54) is 64.8 Å². The number of likely N-dealkylation sites (tertiary alicyclic amines) is 2. The van der Waals surface area contributed by atoms with E-state index in [2.05, 4.69) is 42.9 Å². The molecule has 0 bridgehead atoms. The predicted octanol–water partition coefficient (Wildman–Crippen LogP) is 2.57. The number of hydrogen-bond acceptors (Lipinski definition) is 3. The van der Waals surface area contributed by atoms with Gasteiger partial charge in [-0.25, -0.2) is 0 Å². The standard InChI is InChI=1S/C17H35N3/c1-17(2,3)16(18-4)9-13-19-12-8-15(14-19)20-10-6-5-7-11-20/h15-16,18H,5-14H2,1-4H3. The highest BCUT2D eigenvalue weighted by Crippen LogP contribution is 2.24. The van der Waals surface area contributed by atoms with Gasteiger partial charge in [0.15, 0.2) is 0 Å². The van der Waals surface area contributed by atoms with E-state index in [-0.39, 0.29) is 0 Å². The Bertz CT molecular complexity index is 278. The molecule has 3 nitrogen and oxygen atoms in total. The molecular formula is C17H35N3. The van der Waals surface area contributed by atoms with Crippen LogP contribution < -0.4 is 5.32 Å². The van der Waals surface area contributed by atoms with Crippen molar-refractivity contribution in [3.05, 3.63) is 0 Å². The van der Waals surface area contributed by atoms with E-state index in [0.29, 0.717) is 11.5 Å². The van der Waals surface area contributed by atoms with Crippen LogP contribution in [0.25, 0.3) is 0 Å². The molecule has 0 radical (unpaired) electrons. The molecule has 2 aliphatic rings. The summed E-state index contributed by atoms with van der Waals surface area (Å²) in [6.45, 7) is 13.6. The van der Waals surface area contributed by atoms with Gasteiger partial charge in [0.1, 0.15) is 0 Å². The molecule has 1 N–H and O–H groups in total. The van der Waals surface area contributed by atoms with Gasteiger partial charge in [-0.2, -0.15) is 0 Å². The van der Waals surface area contributed by atoms with Crippen molar-refractivity contribution in [3.63, 3.8) is 0 Å². The maximum atomic E-state index is 3.50. The zero-order valence-corrected chi connectivity index (χ0v) is 14.1. The molecule has 0 aromatic carbocycles. The maximum absolute atomic E-state index is 3.50. The molecule has 2 fully saturated rings. The molecule has 3 heteroatoms. The van der Waals surface area contributed by atoms with Crippen LogP contribution in [0.5, 0.6) is 0 Å². The molecule has 0 aliphatic carbocycles. The molecule has 2 heterocycles. The van der Waals surface area contributed by atoms with Crippen molar-refractivity contribution in [1.82, 2.24) is 15.1 Å². The average Bonchev–Trinajstić information content (AvgIpc) is 2.88. The first-order valence-corrected chi connectivity index (χ1v) is 8.64. The second-order valence-corrected chi connectivity index (χ2v) is 7.84. The van der Waals surface area contributed by atoms with Crippen LogP contribution in [0.4, 0.5) is 0 Å². The van der Waals surface area contributed by atoms with Crippen LogP contribution in [0.15, 0.2) is 0 Å². The molecule has 2 atom stereocenters. The van der Waals surface area contributed by atoms with Crippen molar-refractivity contribution in [1.29, 1.82) is 0 Å². The lowest BCUT2D eigenvalue weighted by atomic mass is 9.85. The van der Waals surface area contributed by atoms with Gasteiger partial charge in [0, 0.05) is 18.6 Å². The van der Waals surface area contributed by atoms with Gasteiger partial charge in [0.05, 0.1) is 0 Å². The number of rotatable bonds is 5. The first kappa shape index (κ1) is 16.3. The fourth-order valence-electron chi connectivity index (χ4n) is 3.92. The van der Waals surface area contributed by atoms with Crippen molar-refractivity contribution in [2.24, 2.45) is 5.41 Å². The average molecular weight is 281 g/mol. The number of nitrogens with one attached hydrogen (secondary N) is 1. The molecule has 118 valence electrons. The summed E-state index contributed by atoms with van der Waals surface area (Å²) in [5.74, 6) is 0. The molecular weight excluding hydrogens is 246 g/mol. The van der Waals surface area contributed by atoms with E-state index < -0.39 is 0 Å². The van der Waals surface area contributed by atoms with E-state index in [1.54, 1.807) is 0 Å². The molecule has 2 rings (SSSR count). The minimum absolute atomic E-state index is 0.362. The second-order valence-electron chi connectivity index (χ2n) is 7.84. The van der Waals surface area contributed by atoms with Crippen LogP contribution in [-0.4, -0.2) is 61.7 Å². The lowest BCUT2D eigenvalue weighted by Crippen LogP contribution is -2.42. The van der Waals surface area contributed by atoms with Crippen LogP contribution >= 0.6 is 0 Å². The van der Waals surface area contributed by atoms with E-state index in [4.69, 9.17) is 0 Å². The molecule has 20 heavy (non-hydrogen) atoms. The molecule has 2 saturated heterocycles. The highest BCUT2D eigenvalue weighted by Gasteiger charge is 2.29. The molecule has 0 saturated carbocycles. The molecule has 0 amide bonds. The van der Waals surface area contributed by atoms with Gasteiger partial charge < -0.3 is 10.2 Å². The lowest BCUT2D eigenvalue weighted by molar-refractivity contribution is 0.159. The molecule has 2 unspecified atom stereocenters. The SMILES string of the molecule is CNC(CCN1CCC(N2CCCCC2)C1)C(C)(C)C. The fourth-order valence-corrected chi connectivity index (χ4v) is 3.92. The third-order valence-corrected chi connectivity index (χ3v) is 5.28. The first-order chi connectivity index (χ1) is 9.50. The Kier molecular flexibility index (Phi) is 5.88. The third-order valence-electron chi connectivity index (χ3n) is 5.28. The fraction of sp³-hybridized carbons (Fsp3) is 1.00. The normalized spacial score (nSPS) is 27.9. The van der Waals surface area contributed by atoms with Crippen molar-refractivity contribution in [3.8, 4) is 0 Å². The van der Waals surface area contributed by atoms with Gasteiger partial charge in [-0.15, -0.1) is 0 Å². The van der Waals surface area contributed by atoms with E-state index in [9.17, 15) is 0 Å². The van der Waals surface area contributed by atoms with Gasteiger partial charge in [-0.3, -0.25) is 4.90 Å². The minimum atomic E-state index is 0.362. The van der Waals surface area contributed by atoms with Gasteiger partial charge in [0.2, 0.25) is 0 Å². The Morgan fingerprint density at radius 2 is 1.80 bits per heavy atom. The summed E-state index contributed by atoms with van der Waals surface area (Å²) in [6.07, 6.45) is 6.94. The molecule has 0 aromatic rings. The summed E-state index contributed by atoms with van der Waals surface area (Å²) in [4.78, 5) is 5.44. The van der Waals surface area contributed by atoms with Crippen molar-refractivity contribution in [2.75, 3.05) is 39.8 Å². The van der Waals surface area contributed by atoms with Gasteiger partial charge in [-0.1, -0.05) is 27.2 Å². The number of nitrogens with zero attached hydrogens (tertiary/aromatic N) is 2. The largest absolute Gasteiger partial charge is 0.316 e. The van der Waals surface area contributed by atoms with Crippen molar-refractivity contribution < 1.29 is 0 Å².